The fourth-order valence-corrected chi connectivity index (χ4v) is 3.36. The molecule has 2 aliphatic rings. The van der Waals surface area contributed by atoms with Crippen LogP contribution in [0.3, 0.4) is 0 Å². The minimum Gasteiger partial charge on any atom is -0.468 e. The molecule has 0 spiro atoms. The van der Waals surface area contributed by atoms with Crippen molar-refractivity contribution >= 4 is 11.9 Å². The molecule has 0 aromatic carbocycles. The van der Waals surface area contributed by atoms with Gasteiger partial charge in [0.2, 0.25) is 0 Å². The average molecular weight is 344 g/mol. The number of aliphatic hydroxyl groups excluding tert-OH is 1. The molecule has 2 rings (SSSR count). The SMILES string of the molecule is COC(=O)[C@@H]1CC[C@H](C)CN1C.COC(=O)[C@@H]1CC[C@H](O)CN1C. The standard InChI is InChI=1S/C9H17NO2.C8H15NO3/c1-7-4-5-8(9(11)12-3)10(2)6-7;1-9-5-6(10)3-4-7(9)8(11)12-2/h7-8H,4-6H2,1-3H3;6-7,10H,3-5H2,1-2H3/t7-,8-;6-,7-/m00/s1. The zero-order valence-corrected chi connectivity index (χ0v) is 15.5. The van der Waals surface area contributed by atoms with Gasteiger partial charge in [-0.05, 0) is 45.7 Å². The predicted molar refractivity (Wildman–Crippen MR) is 90.5 cm³/mol. The maximum Gasteiger partial charge on any atom is 0.323 e. The maximum absolute atomic E-state index is 11.2. The van der Waals surface area contributed by atoms with Crippen LogP contribution in [-0.2, 0) is 19.1 Å². The molecule has 7 nitrogen and oxygen atoms in total. The van der Waals surface area contributed by atoms with E-state index in [0.717, 1.165) is 19.4 Å². The number of likely N-dealkylation sites (N-methyl/N-ethyl adjacent to an activating group) is 2. The van der Waals surface area contributed by atoms with E-state index in [1.54, 1.807) is 0 Å². The molecular weight excluding hydrogens is 312 g/mol. The molecule has 0 amide bonds. The molecule has 0 saturated carbocycles. The average Bonchev–Trinajstić information content (AvgIpc) is 2.54. The van der Waals surface area contributed by atoms with Crippen LogP contribution in [0.2, 0.25) is 0 Å². The highest BCUT2D eigenvalue weighted by Gasteiger charge is 2.30. The summed E-state index contributed by atoms with van der Waals surface area (Å²) in [6.07, 6.45) is 3.14. The Kier molecular flexibility index (Phi) is 8.66. The summed E-state index contributed by atoms with van der Waals surface area (Å²) < 4.78 is 9.35. The monoisotopic (exact) mass is 344 g/mol. The Bertz CT molecular complexity index is 380. The molecule has 2 heterocycles. The number of esters is 2. The van der Waals surface area contributed by atoms with Crippen LogP contribution in [0.4, 0.5) is 0 Å². The topological polar surface area (TPSA) is 79.3 Å². The van der Waals surface area contributed by atoms with Crippen LogP contribution >= 0.6 is 0 Å². The number of rotatable bonds is 2. The number of methoxy groups -OCH3 is 2. The predicted octanol–water partition coefficient (Wildman–Crippen LogP) is 0.504. The Balaban J connectivity index is 0.000000240. The molecule has 0 radical (unpaired) electrons. The minimum absolute atomic E-state index is 0.00815. The quantitative estimate of drug-likeness (QED) is 0.731. The highest BCUT2D eigenvalue weighted by Crippen LogP contribution is 2.20. The third-order valence-electron chi connectivity index (χ3n) is 4.82. The van der Waals surface area contributed by atoms with E-state index in [1.165, 1.54) is 14.2 Å². The molecule has 24 heavy (non-hydrogen) atoms. The van der Waals surface area contributed by atoms with Crippen LogP contribution in [0.5, 0.6) is 0 Å². The Morgan fingerprint density at radius 1 is 0.875 bits per heavy atom. The summed E-state index contributed by atoms with van der Waals surface area (Å²) in [6, 6.07) is -0.176. The lowest BCUT2D eigenvalue weighted by molar-refractivity contribution is -0.149. The number of ether oxygens (including phenoxy) is 2. The Labute approximate surface area is 144 Å². The lowest BCUT2D eigenvalue weighted by Gasteiger charge is -2.33. The van der Waals surface area contributed by atoms with Gasteiger partial charge in [-0.15, -0.1) is 0 Å². The Hall–Kier alpha value is -1.18. The molecule has 1 N–H and O–H groups in total. The smallest absolute Gasteiger partial charge is 0.323 e. The van der Waals surface area contributed by atoms with Gasteiger partial charge in [0.15, 0.2) is 0 Å². The third kappa shape index (κ3) is 6.03. The van der Waals surface area contributed by atoms with Crippen molar-refractivity contribution in [2.24, 2.45) is 5.92 Å². The molecule has 0 aliphatic carbocycles. The first-order valence-corrected chi connectivity index (χ1v) is 8.54. The van der Waals surface area contributed by atoms with Crippen LogP contribution in [0.15, 0.2) is 0 Å². The van der Waals surface area contributed by atoms with Gasteiger partial charge in [0.25, 0.3) is 0 Å². The van der Waals surface area contributed by atoms with Crippen LogP contribution in [0, 0.1) is 5.92 Å². The first-order chi connectivity index (χ1) is 11.3. The van der Waals surface area contributed by atoms with Gasteiger partial charge < -0.3 is 14.6 Å². The maximum atomic E-state index is 11.2. The van der Waals surface area contributed by atoms with E-state index in [0.29, 0.717) is 25.3 Å². The molecule has 140 valence electrons. The van der Waals surface area contributed by atoms with Crippen LogP contribution in [-0.4, -0.2) is 86.4 Å². The fourth-order valence-electron chi connectivity index (χ4n) is 3.36. The number of likely N-dealkylation sites (tertiary alicyclic amines) is 2. The van der Waals surface area contributed by atoms with Crippen molar-refractivity contribution in [1.29, 1.82) is 0 Å². The first-order valence-electron chi connectivity index (χ1n) is 8.54. The van der Waals surface area contributed by atoms with E-state index >= 15 is 0 Å². The zero-order chi connectivity index (χ0) is 18.3. The highest BCUT2D eigenvalue weighted by atomic mass is 16.5. The van der Waals surface area contributed by atoms with E-state index in [1.807, 2.05) is 19.0 Å². The van der Waals surface area contributed by atoms with Crippen molar-refractivity contribution < 1.29 is 24.2 Å². The number of carbonyl (C=O) groups excluding carboxylic acids is 2. The van der Waals surface area contributed by atoms with Crippen LogP contribution in [0.25, 0.3) is 0 Å². The second kappa shape index (κ2) is 9.96. The normalized spacial score (nSPS) is 31.6. The summed E-state index contributed by atoms with van der Waals surface area (Å²) in [5.74, 6) is 0.407. The second-order valence-electron chi connectivity index (χ2n) is 6.87. The molecule has 2 aliphatic heterocycles. The number of hydrogen-bond donors (Lipinski definition) is 1. The van der Waals surface area contributed by atoms with Gasteiger partial charge >= 0.3 is 11.9 Å². The van der Waals surface area contributed by atoms with Crippen molar-refractivity contribution in [3.63, 3.8) is 0 Å². The number of aliphatic hydroxyl groups is 1. The summed E-state index contributed by atoms with van der Waals surface area (Å²) in [5, 5.41) is 9.26. The number of piperidine rings is 2. The van der Waals surface area contributed by atoms with Gasteiger partial charge in [0.1, 0.15) is 12.1 Å². The van der Waals surface area contributed by atoms with E-state index < -0.39 is 0 Å². The van der Waals surface area contributed by atoms with Gasteiger partial charge in [-0.25, -0.2) is 0 Å². The van der Waals surface area contributed by atoms with E-state index in [-0.39, 0.29) is 30.1 Å². The third-order valence-corrected chi connectivity index (χ3v) is 4.82. The Morgan fingerprint density at radius 3 is 1.75 bits per heavy atom. The number of hydrogen-bond acceptors (Lipinski definition) is 7. The van der Waals surface area contributed by atoms with Gasteiger partial charge in [-0.2, -0.15) is 0 Å². The van der Waals surface area contributed by atoms with Gasteiger partial charge in [-0.3, -0.25) is 19.4 Å². The minimum atomic E-state index is -0.295. The molecule has 0 aromatic heterocycles. The summed E-state index contributed by atoms with van der Waals surface area (Å²) in [6.45, 7) is 3.77. The second-order valence-corrected chi connectivity index (χ2v) is 6.87. The number of carbonyl (C=O) groups is 2. The van der Waals surface area contributed by atoms with Crippen LogP contribution in [0.1, 0.15) is 32.6 Å². The number of β-amino-alcohol motifs (C(OH)–C–C–N with tert-alkyl or cyclic N) is 1. The zero-order valence-electron chi connectivity index (χ0n) is 15.5. The molecule has 7 heteroatoms. The number of nitrogens with zero attached hydrogens (tertiary/aromatic N) is 2. The molecule has 0 unspecified atom stereocenters. The van der Waals surface area contributed by atoms with Crippen molar-refractivity contribution in [3.05, 3.63) is 0 Å². The van der Waals surface area contributed by atoms with Gasteiger partial charge in [-0.1, -0.05) is 6.92 Å². The fraction of sp³-hybridized carbons (Fsp3) is 0.882. The molecule has 0 aromatic rings. The van der Waals surface area contributed by atoms with Crippen molar-refractivity contribution in [2.75, 3.05) is 41.4 Å². The molecule has 2 fully saturated rings. The molecule has 2 saturated heterocycles. The largest absolute Gasteiger partial charge is 0.468 e. The van der Waals surface area contributed by atoms with Crippen molar-refractivity contribution in [2.45, 2.75) is 50.8 Å². The summed E-state index contributed by atoms with van der Waals surface area (Å²) >= 11 is 0. The first kappa shape index (κ1) is 20.9. The summed E-state index contributed by atoms with van der Waals surface area (Å²) in [7, 11) is 6.65. The van der Waals surface area contributed by atoms with E-state index in [9.17, 15) is 14.7 Å². The van der Waals surface area contributed by atoms with E-state index in [4.69, 9.17) is 4.74 Å². The molecule has 4 atom stereocenters. The van der Waals surface area contributed by atoms with E-state index in [2.05, 4.69) is 16.6 Å². The molecular formula is C17H32N2O5. The summed E-state index contributed by atoms with van der Waals surface area (Å²) in [4.78, 5) is 26.3. The summed E-state index contributed by atoms with van der Waals surface area (Å²) in [5.41, 5.74) is 0. The lowest BCUT2D eigenvalue weighted by Crippen LogP contribution is -2.47. The highest BCUT2D eigenvalue weighted by molar-refractivity contribution is 5.76. The van der Waals surface area contributed by atoms with Gasteiger partial charge in [0.05, 0.1) is 20.3 Å². The van der Waals surface area contributed by atoms with Crippen molar-refractivity contribution in [1.82, 2.24) is 9.80 Å². The lowest BCUT2D eigenvalue weighted by atomic mass is 9.95. The Morgan fingerprint density at radius 2 is 1.33 bits per heavy atom. The molecule has 0 bridgehead atoms. The van der Waals surface area contributed by atoms with Crippen molar-refractivity contribution in [3.8, 4) is 0 Å². The van der Waals surface area contributed by atoms with Gasteiger partial charge in [0, 0.05) is 13.1 Å². The van der Waals surface area contributed by atoms with Crippen LogP contribution < -0.4 is 0 Å².